The number of nitrogens with two attached hydrogens (primary N) is 1. The first-order valence-electron chi connectivity index (χ1n) is 6.90. The van der Waals surface area contributed by atoms with Gasteiger partial charge in [0.05, 0.1) is 19.4 Å². The number of aromatic hydroxyl groups is 1. The lowest BCUT2D eigenvalue weighted by Gasteiger charge is -2.10. The number of carboxylic acids is 2. The second kappa shape index (κ2) is 11.0. The van der Waals surface area contributed by atoms with E-state index in [9.17, 15) is 14.4 Å². The van der Waals surface area contributed by atoms with Crippen LogP contribution in [0.1, 0.15) is 25.3 Å². The van der Waals surface area contributed by atoms with E-state index in [4.69, 9.17) is 25.8 Å². The maximum Gasteiger partial charge on any atom is 0.323 e. The fourth-order valence-corrected chi connectivity index (χ4v) is 1.43. The first-order valence-corrected chi connectivity index (χ1v) is 6.90. The largest absolute Gasteiger partial charge is 0.508 e. The van der Waals surface area contributed by atoms with Crippen LogP contribution in [0.2, 0.25) is 0 Å². The van der Waals surface area contributed by atoms with Crippen molar-refractivity contribution in [3.63, 3.8) is 0 Å². The molecule has 1 aromatic rings. The number of phenolic OH excluding ortho intramolecular Hbond substituents is 1. The molecule has 1 aromatic carbocycles. The van der Waals surface area contributed by atoms with E-state index >= 15 is 0 Å². The normalized spacial score (nSPS) is 10.9. The molecule has 0 aliphatic rings. The molecule has 0 saturated heterocycles. The summed E-state index contributed by atoms with van der Waals surface area (Å²) in [5.41, 5.74) is 6.53. The van der Waals surface area contributed by atoms with Crippen LogP contribution in [0.3, 0.4) is 0 Å². The molecule has 0 spiro atoms. The molecule has 0 fully saturated rings. The molecule has 0 aliphatic heterocycles. The molecule has 0 aromatic heterocycles. The number of hydrogen-bond donors (Lipinski definition) is 4. The second-order valence-electron chi connectivity index (χ2n) is 4.52. The molecule has 23 heavy (non-hydrogen) atoms. The van der Waals surface area contributed by atoms with Crippen molar-refractivity contribution >= 4 is 17.9 Å². The van der Waals surface area contributed by atoms with Gasteiger partial charge in [-0.2, -0.15) is 0 Å². The average Bonchev–Trinajstić information content (AvgIpc) is 2.48. The van der Waals surface area contributed by atoms with Gasteiger partial charge >= 0.3 is 17.9 Å². The van der Waals surface area contributed by atoms with Crippen molar-refractivity contribution < 1.29 is 34.4 Å². The topological polar surface area (TPSA) is 147 Å². The predicted octanol–water partition coefficient (Wildman–Crippen LogP) is 0.761. The molecular formula is C15H21NO7. The smallest absolute Gasteiger partial charge is 0.323 e. The van der Waals surface area contributed by atoms with Gasteiger partial charge in [-0.1, -0.05) is 12.1 Å². The van der Waals surface area contributed by atoms with Crippen molar-refractivity contribution in [3.8, 4) is 5.75 Å². The summed E-state index contributed by atoms with van der Waals surface area (Å²) in [7, 11) is 0. The molecule has 0 saturated carbocycles. The summed E-state index contributed by atoms with van der Waals surface area (Å²) in [6, 6.07) is 5.94. The van der Waals surface area contributed by atoms with E-state index in [-0.39, 0.29) is 18.6 Å². The molecule has 1 atom stereocenters. The predicted molar refractivity (Wildman–Crippen MR) is 80.9 cm³/mol. The van der Waals surface area contributed by atoms with E-state index in [0.717, 1.165) is 5.56 Å². The quantitative estimate of drug-likeness (QED) is 0.537. The standard InChI is InChI=1S/C11H15NO3.C4H6O4/c1-2-15-11(14)10(12)7-8-3-5-9(13)6-4-8;5-3(6)1-2-4(7)8/h3-6,10,13H,2,7,12H2,1H3;1-2H2,(H,5,6)(H,7,8)/t10-;/m0./s1. The third-order valence-electron chi connectivity index (χ3n) is 2.53. The number of esters is 1. The Morgan fingerprint density at radius 2 is 1.57 bits per heavy atom. The van der Waals surface area contributed by atoms with E-state index in [2.05, 4.69) is 0 Å². The molecule has 1 rings (SSSR count). The zero-order valence-corrected chi connectivity index (χ0v) is 12.8. The molecule has 0 radical (unpaired) electrons. The van der Waals surface area contributed by atoms with Crippen molar-refractivity contribution in [2.75, 3.05) is 6.61 Å². The minimum absolute atomic E-state index is 0.198. The summed E-state index contributed by atoms with van der Waals surface area (Å²) in [6.07, 6.45) is -0.177. The number of carboxylic acid groups (broad SMARTS) is 2. The van der Waals surface area contributed by atoms with E-state index < -0.39 is 23.9 Å². The van der Waals surface area contributed by atoms with Gasteiger partial charge < -0.3 is 25.8 Å². The Bertz CT molecular complexity index is 499. The van der Waals surface area contributed by atoms with Crippen LogP contribution in [0.5, 0.6) is 5.75 Å². The molecule has 128 valence electrons. The molecular weight excluding hydrogens is 306 g/mol. The molecule has 5 N–H and O–H groups in total. The Morgan fingerprint density at radius 3 is 1.96 bits per heavy atom. The van der Waals surface area contributed by atoms with Gasteiger partial charge in [-0.25, -0.2) is 0 Å². The van der Waals surface area contributed by atoms with Gasteiger partial charge in [-0.3, -0.25) is 14.4 Å². The van der Waals surface area contributed by atoms with Crippen molar-refractivity contribution in [2.45, 2.75) is 32.2 Å². The third kappa shape index (κ3) is 10.7. The molecule has 0 amide bonds. The highest BCUT2D eigenvalue weighted by Crippen LogP contribution is 2.11. The third-order valence-corrected chi connectivity index (χ3v) is 2.53. The van der Waals surface area contributed by atoms with Gasteiger partial charge in [0.1, 0.15) is 11.8 Å². The number of phenols is 1. The summed E-state index contributed by atoms with van der Waals surface area (Å²) in [5.74, 6) is -2.35. The summed E-state index contributed by atoms with van der Waals surface area (Å²) in [4.78, 5) is 30.5. The molecule has 8 nitrogen and oxygen atoms in total. The second-order valence-corrected chi connectivity index (χ2v) is 4.52. The zero-order valence-electron chi connectivity index (χ0n) is 12.8. The molecule has 0 bridgehead atoms. The number of ether oxygens (including phenoxy) is 1. The fraction of sp³-hybridized carbons (Fsp3) is 0.400. The number of benzene rings is 1. The SMILES string of the molecule is CCOC(=O)[C@@H](N)Cc1ccc(O)cc1.O=C(O)CCC(=O)O. The highest BCUT2D eigenvalue weighted by molar-refractivity contribution is 5.76. The first-order chi connectivity index (χ1) is 10.8. The van der Waals surface area contributed by atoms with E-state index in [1.165, 1.54) is 0 Å². The number of aliphatic carboxylic acids is 2. The van der Waals surface area contributed by atoms with Crippen LogP contribution in [-0.2, 0) is 25.5 Å². The minimum Gasteiger partial charge on any atom is -0.508 e. The highest BCUT2D eigenvalue weighted by atomic mass is 16.5. The van der Waals surface area contributed by atoms with Crippen molar-refractivity contribution in [1.82, 2.24) is 0 Å². The Morgan fingerprint density at radius 1 is 1.09 bits per heavy atom. The lowest BCUT2D eigenvalue weighted by molar-refractivity contribution is -0.144. The molecule has 0 unspecified atom stereocenters. The van der Waals surface area contributed by atoms with Crippen molar-refractivity contribution in [3.05, 3.63) is 29.8 Å². The zero-order chi connectivity index (χ0) is 17.8. The van der Waals surface area contributed by atoms with Gasteiger partial charge in [-0.15, -0.1) is 0 Å². The van der Waals surface area contributed by atoms with Gasteiger partial charge in [0.15, 0.2) is 0 Å². The molecule has 8 heteroatoms. The van der Waals surface area contributed by atoms with E-state index in [0.29, 0.717) is 13.0 Å². The van der Waals surface area contributed by atoms with Gasteiger partial charge in [0.25, 0.3) is 0 Å². The van der Waals surface area contributed by atoms with Crippen LogP contribution < -0.4 is 5.73 Å². The van der Waals surface area contributed by atoms with E-state index in [1.54, 1.807) is 31.2 Å². The van der Waals surface area contributed by atoms with Gasteiger partial charge in [0, 0.05) is 0 Å². The number of hydrogen-bond acceptors (Lipinski definition) is 6. The van der Waals surface area contributed by atoms with Crippen LogP contribution in [0.25, 0.3) is 0 Å². The maximum atomic E-state index is 11.2. The minimum atomic E-state index is -1.08. The monoisotopic (exact) mass is 327 g/mol. The van der Waals surface area contributed by atoms with Gasteiger partial charge in [0.2, 0.25) is 0 Å². The van der Waals surface area contributed by atoms with Crippen molar-refractivity contribution in [2.24, 2.45) is 5.73 Å². The molecule has 0 heterocycles. The Hall–Kier alpha value is -2.61. The maximum absolute atomic E-state index is 11.2. The summed E-state index contributed by atoms with van der Waals surface area (Å²) in [5, 5.41) is 24.9. The van der Waals surface area contributed by atoms with Crippen LogP contribution in [-0.4, -0.2) is 45.9 Å². The van der Waals surface area contributed by atoms with Crippen molar-refractivity contribution in [1.29, 1.82) is 0 Å². The van der Waals surface area contributed by atoms with Gasteiger partial charge in [-0.05, 0) is 31.0 Å². The highest BCUT2D eigenvalue weighted by Gasteiger charge is 2.14. The lowest BCUT2D eigenvalue weighted by Crippen LogP contribution is -2.34. The number of carbonyl (C=O) groups is 3. The Kier molecular flexibility index (Phi) is 9.77. The Labute approximate surface area is 133 Å². The van der Waals surface area contributed by atoms with Crippen LogP contribution >= 0.6 is 0 Å². The Balaban J connectivity index is 0.000000515. The van der Waals surface area contributed by atoms with E-state index in [1.807, 2.05) is 0 Å². The summed E-state index contributed by atoms with van der Waals surface area (Å²) in [6.45, 7) is 2.08. The first kappa shape index (κ1) is 20.4. The van der Waals surface area contributed by atoms with Crippen LogP contribution in [0, 0.1) is 0 Å². The summed E-state index contributed by atoms with van der Waals surface area (Å²) < 4.78 is 4.79. The average molecular weight is 327 g/mol. The fourth-order valence-electron chi connectivity index (χ4n) is 1.43. The number of rotatable bonds is 7. The molecule has 0 aliphatic carbocycles. The lowest BCUT2D eigenvalue weighted by atomic mass is 10.1. The summed E-state index contributed by atoms with van der Waals surface area (Å²) >= 11 is 0. The van der Waals surface area contributed by atoms with Crippen LogP contribution in [0.15, 0.2) is 24.3 Å². The number of carbonyl (C=O) groups excluding carboxylic acids is 1. The van der Waals surface area contributed by atoms with Crippen LogP contribution in [0.4, 0.5) is 0 Å².